The molecule has 12 heteroatoms. The molecule has 268 valence electrons. The molecule has 1 heterocycles. The number of nitrogens with zero attached hydrogens (tertiary/aromatic N) is 1. The molecule has 4 N–H and O–H groups in total. The second-order valence-electron chi connectivity index (χ2n) is 16.3. The van der Waals surface area contributed by atoms with Crippen molar-refractivity contribution in [2.75, 3.05) is 19.7 Å². The minimum absolute atomic E-state index is 0.0707. The monoisotopic (exact) mass is 671 g/mol. The molecule has 0 aromatic rings. The first-order valence-electron chi connectivity index (χ1n) is 17.7. The fourth-order valence-electron chi connectivity index (χ4n) is 7.93. The van der Waals surface area contributed by atoms with Gasteiger partial charge in [-0.3, -0.25) is 24.0 Å². The minimum atomic E-state index is -1.01. The molecule has 3 aliphatic carbocycles. The van der Waals surface area contributed by atoms with Gasteiger partial charge in [0.1, 0.15) is 18.1 Å². The van der Waals surface area contributed by atoms with E-state index in [0.29, 0.717) is 13.0 Å². The van der Waals surface area contributed by atoms with Gasteiger partial charge in [-0.15, -0.1) is 6.58 Å². The summed E-state index contributed by atoms with van der Waals surface area (Å²) in [7, 11) is 0. The summed E-state index contributed by atoms with van der Waals surface area (Å²) in [4.78, 5) is 82.7. The summed E-state index contributed by atoms with van der Waals surface area (Å²) in [5, 5.41) is 11.2. The molecule has 1 saturated heterocycles. The number of piperidine rings is 1. The van der Waals surface area contributed by atoms with Crippen LogP contribution >= 0.6 is 0 Å². The van der Waals surface area contributed by atoms with Gasteiger partial charge < -0.3 is 30.9 Å². The number of carbonyl (C=O) groups is 6. The number of fused-ring (bicyclic) bond motifs is 1. The Labute approximate surface area is 285 Å². The van der Waals surface area contributed by atoms with Crippen LogP contribution < -0.4 is 21.3 Å². The molecule has 0 bridgehead atoms. The van der Waals surface area contributed by atoms with Crippen molar-refractivity contribution in [2.24, 2.45) is 34.0 Å². The number of alkyl carbamates (subject to hydrolysis) is 1. The summed E-state index contributed by atoms with van der Waals surface area (Å²) in [5.74, 6) is -2.63. The third-order valence-corrected chi connectivity index (χ3v) is 11.2. The third kappa shape index (κ3) is 8.22. The van der Waals surface area contributed by atoms with Crippen LogP contribution in [0.25, 0.3) is 0 Å². The van der Waals surface area contributed by atoms with Crippen molar-refractivity contribution in [3.63, 3.8) is 0 Å². The predicted molar refractivity (Wildman–Crippen MR) is 180 cm³/mol. The summed E-state index contributed by atoms with van der Waals surface area (Å²) in [6.45, 7) is 17.6. The molecule has 0 radical (unpaired) electrons. The lowest BCUT2D eigenvalue weighted by atomic mass is 9.70. The van der Waals surface area contributed by atoms with Gasteiger partial charge in [0.05, 0.1) is 12.6 Å². The van der Waals surface area contributed by atoms with E-state index in [1.807, 2.05) is 27.7 Å². The second-order valence-corrected chi connectivity index (χ2v) is 16.3. The number of rotatable bonds is 14. The minimum Gasteiger partial charge on any atom is -0.450 e. The predicted octanol–water partition coefficient (Wildman–Crippen LogP) is 3.24. The number of hydrogen-bond acceptors (Lipinski definition) is 7. The van der Waals surface area contributed by atoms with Crippen LogP contribution in [0.4, 0.5) is 4.79 Å². The summed E-state index contributed by atoms with van der Waals surface area (Å²) >= 11 is 0. The highest BCUT2D eigenvalue weighted by molar-refractivity contribution is 6.38. The van der Waals surface area contributed by atoms with Crippen molar-refractivity contribution >= 4 is 35.5 Å². The van der Waals surface area contributed by atoms with E-state index < -0.39 is 70.5 Å². The normalized spacial score (nSPS) is 25.7. The van der Waals surface area contributed by atoms with Gasteiger partial charge >= 0.3 is 6.09 Å². The van der Waals surface area contributed by atoms with Gasteiger partial charge in [0, 0.05) is 13.1 Å². The van der Waals surface area contributed by atoms with E-state index >= 15 is 0 Å². The Hall–Kier alpha value is -3.44. The number of ether oxygens (including phenoxy) is 1. The number of ketones is 1. The lowest BCUT2D eigenvalue weighted by Gasteiger charge is -2.42. The molecule has 4 fully saturated rings. The van der Waals surface area contributed by atoms with E-state index in [2.05, 4.69) is 41.7 Å². The Balaban J connectivity index is 1.58. The quantitative estimate of drug-likeness (QED) is 0.163. The number of amides is 5. The summed E-state index contributed by atoms with van der Waals surface area (Å²) < 4.78 is 5.14. The number of nitrogens with one attached hydrogen (secondary N) is 4. The first kappa shape index (κ1) is 37.4. The van der Waals surface area contributed by atoms with Crippen molar-refractivity contribution in [1.82, 2.24) is 26.2 Å². The Morgan fingerprint density at radius 1 is 0.979 bits per heavy atom. The van der Waals surface area contributed by atoms with E-state index in [1.54, 1.807) is 11.8 Å². The first-order chi connectivity index (χ1) is 22.5. The van der Waals surface area contributed by atoms with Crippen LogP contribution in [-0.4, -0.2) is 84.3 Å². The average Bonchev–Trinajstić information content (AvgIpc) is 3.87. The lowest BCUT2D eigenvalue weighted by molar-refractivity contribution is -0.147. The van der Waals surface area contributed by atoms with E-state index in [4.69, 9.17) is 4.74 Å². The molecule has 3 saturated carbocycles. The average molecular weight is 672 g/mol. The standard InChI is InChI=1S/C36H57N5O7/c1-9-18-37-30(44)26(42)23(19-21-14-15-21)38-29(43)25-24-22(35(24,6)7)20-41(25)32(46)28(34(3,4)5)39-31(45)27(40-33(47)48-10-2)36(8)16-12-11-13-17-36/h9,21-25,27-28H,1,10-20H2,2-8H3,(H,37,44)(H,38,43)(H,39,45)(H,40,47)/t22?,23?,24-,25-,27+,28+/m0/s1. The molecule has 48 heavy (non-hydrogen) atoms. The molecule has 4 aliphatic rings. The second kappa shape index (κ2) is 14.6. The smallest absolute Gasteiger partial charge is 0.407 e. The Kier molecular flexibility index (Phi) is 11.4. The zero-order valence-electron chi connectivity index (χ0n) is 29.9. The van der Waals surface area contributed by atoms with E-state index in [1.165, 1.54) is 6.08 Å². The van der Waals surface area contributed by atoms with E-state index in [0.717, 1.165) is 44.9 Å². The van der Waals surface area contributed by atoms with Gasteiger partial charge in [0.2, 0.25) is 23.5 Å². The molecule has 12 nitrogen and oxygen atoms in total. The zero-order chi connectivity index (χ0) is 35.6. The number of hydrogen-bond donors (Lipinski definition) is 4. The van der Waals surface area contributed by atoms with E-state index in [9.17, 15) is 28.8 Å². The molecule has 2 unspecified atom stereocenters. The van der Waals surface area contributed by atoms with Gasteiger partial charge in [-0.25, -0.2) is 4.79 Å². The van der Waals surface area contributed by atoms with Crippen molar-refractivity contribution in [3.8, 4) is 0 Å². The molecule has 4 rings (SSSR count). The highest BCUT2D eigenvalue weighted by Crippen LogP contribution is 2.65. The van der Waals surface area contributed by atoms with Gasteiger partial charge in [-0.1, -0.05) is 79.7 Å². The number of Topliss-reactive ketones (excluding diaryl/α,β-unsaturated/α-hetero) is 1. The Morgan fingerprint density at radius 3 is 2.19 bits per heavy atom. The molecule has 0 aromatic carbocycles. The Bertz CT molecular complexity index is 1280. The van der Waals surface area contributed by atoms with Gasteiger partial charge in [-0.2, -0.15) is 0 Å². The number of likely N-dealkylation sites (tertiary alicyclic amines) is 1. The molecule has 1 aliphatic heterocycles. The van der Waals surface area contributed by atoms with Crippen LogP contribution in [0.5, 0.6) is 0 Å². The molecular weight excluding hydrogens is 614 g/mol. The molecule has 5 amide bonds. The van der Waals surface area contributed by atoms with Crippen LogP contribution in [-0.2, 0) is 28.7 Å². The number of carbonyl (C=O) groups excluding carboxylic acids is 6. The molecule has 0 aromatic heterocycles. The highest BCUT2D eigenvalue weighted by atomic mass is 16.5. The van der Waals surface area contributed by atoms with Crippen molar-refractivity contribution < 1.29 is 33.5 Å². The zero-order valence-corrected chi connectivity index (χ0v) is 29.9. The van der Waals surface area contributed by atoms with Crippen molar-refractivity contribution in [3.05, 3.63) is 12.7 Å². The topological polar surface area (TPSA) is 163 Å². The summed E-state index contributed by atoms with van der Waals surface area (Å²) in [6.07, 6.45) is 7.40. The molecular formula is C36H57N5O7. The van der Waals surface area contributed by atoms with Crippen LogP contribution in [0.3, 0.4) is 0 Å². The van der Waals surface area contributed by atoms with Crippen LogP contribution in [0.2, 0.25) is 0 Å². The third-order valence-electron chi connectivity index (χ3n) is 11.2. The van der Waals surface area contributed by atoms with Crippen LogP contribution in [0.15, 0.2) is 12.7 Å². The maximum absolute atomic E-state index is 14.5. The Morgan fingerprint density at radius 2 is 1.62 bits per heavy atom. The van der Waals surface area contributed by atoms with Crippen molar-refractivity contribution in [2.45, 2.75) is 124 Å². The first-order valence-corrected chi connectivity index (χ1v) is 17.7. The highest BCUT2D eigenvalue weighted by Gasteiger charge is 2.70. The SMILES string of the molecule is C=CCNC(=O)C(=O)C(CC1CC1)NC(=O)[C@@H]1[C@@H]2C(CN1C(=O)[C@@H](NC(=O)[C@@H](NC(=O)OCC)C1(C)CCCCC1)C(C)(C)C)C2(C)C. The van der Waals surface area contributed by atoms with Gasteiger partial charge in [0.25, 0.3) is 5.91 Å². The van der Waals surface area contributed by atoms with E-state index in [-0.39, 0.29) is 36.3 Å². The lowest BCUT2D eigenvalue weighted by Crippen LogP contribution is -2.64. The van der Waals surface area contributed by atoms with Gasteiger partial charge in [0.15, 0.2) is 0 Å². The van der Waals surface area contributed by atoms with Crippen LogP contribution in [0.1, 0.15) is 99.8 Å². The molecule has 0 spiro atoms. The maximum Gasteiger partial charge on any atom is 0.407 e. The fourth-order valence-corrected chi connectivity index (χ4v) is 7.93. The van der Waals surface area contributed by atoms with Crippen molar-refractivity contribution in [1.29, 1.82) is 0 Å². The van der Waals surface area contributed by atoms with Gasteiger partial charge in [-0.05, 0) is 60.2 Å². The van der Waals surface area contributed by atoms with Crippen LogP contribution in [0, 0.1) is 34.0 Å². The summed E-state index contributed by atoms with van der Waals surface area (Å²) in [6, 6.07) is -3.79. The largest absolute Gasteiger partial charge is 0.450 e. The fraction of sp³-hybridized carbons (Fsp3) is 0.778. The summed E-state index contributed by atoms with van der Waals surface area (Å²) in [5.41, 5.74) is -1.46. The molecule has 6 atom stereocenters. The maximum atomic E-state index is 14.5.